The minimum absolute atomic E-state index is 0.128. The fourth-order valence-corrected chi connectivity index (χ4v) is 3.34. The third kappa shape index (κ3) is 3.79. The van der Waals surface area contributed by atoms with Crippen LogP contribution in [0.1, 0.15) is 22.3 Å². The summed E-state index contributed by atoms with van der Waals surface area (Å²) in [5.74, 6) is -0.556. The van der Waals surface area contributed by atoms with Gasteiger partial charge in [0.25, 0.3) is 5.91 Å². The normalized spacial score (nSPS) is 20.8. The maximum atomic E-state index is 13.3. The van der Waals surface area contributed by atoms with Crippen molar-refractivity contribution in [1.29, 1.82) is 0 Å². The van der Waals surface area contributed by atoms with E-state index in [0.717, 1.165) is 12.8 Å². The minimum Gasteiger partial charge on any atom is -0.381 e. The molecule has 2 heterocycles. The number of halogens is 1. The SMILES string of the molecule is CO[C@@H]1CCN(C(=O)c2ccnc(F)c2)C[C@H]1Cc1ccccc1. The van der Waals surface area contributed by atoms with E-state index in [1.54, 1.807) is 18.1 Å². The van der Waals surface area contributed by atoms with Gasteiger partial charge >= 0.3 is 0 Å². The van der Waals surface area contributed by atoms with Gasteiger partial charge in [0.1, 0.15) is 0 Å². The van der Waals surface area contributed by atoms with E-state index < -0.39 is 5.95 Å². The Hall–Kier alpha value is -2.27. The Balaban J connectivity index is 1.73. The summed E-state index contributed by atoms with van der Waals surface area (Å²) >= 11 is 0. The van der Waals surface area contributed by atoms with Crippen LogP contribution in [0.15, 0.2) is 48.7 Å². The number of aromatic nitrogens is 1. The number of pyridine rings is 1. The zero-order valence-electron chi connectivity index (χ0n) is 13.7. The summed E-state index contributed by atoms with van der Waals surface area (Å²) in [6.07, 6.45) is 3.09. The fourth-order valence-electron chi connectivity index (χ4n) is 3.34. The molecule has 5 heteroatoms. The van der Waals surface area contributed by atoms with Crippen molar-refractivity contribution in [3.63, 3.8) is 0 Å². The maximum Gasteiger partial charge on any atom is 0.254 e. The van der Waals surface area contributed by atoms with Gasteiger partial charge in [-0.3, -0.25) is 4.79 Å². The molecule has 1 fully saturated rings. The van der Waals surface area contributed by atoms with E-state index >= 15 is 0 Å². The van der Waals surface area contributed by atoms with Crippen LogP contribution in [0.4, 0.5) is 4.39 Å². The molecule has 2 aromatic rings. The molecule has 2 atom stereocenters. The molecule has 0 unspecified atom stereocenters. The van der Waals surface area contributed by atoms with Gasteiger partial charge in [0, 0.05) is 43.9 Å². The summed E-state index contributed by atoms with van der Waals surface area (Å²) in [4.78, 5) is 17.9. The first-order valence-corrected chi connectivity index (χ1v) is 8.15. The number of amides is 1. The Bertz CT molecular complexity index is 693. The molecule has 0 radical (unpaired) electrons. The zero-order valence-corrected chi connectivity index (χ0v) is 13.7. The molecular weight excluding hydrogens is 307 g/mol. The van der Waals surface area contributed by atoms with Gasteiger partial charge in [-0.1, -0.05) is 30.3 Å². The molecular formula is C19H21FN2O2. The summed E-state index contributed by atoms with van der Waals surface area (Å²) in [6, 6.07) is 13.0. The predicted octanol–water partition coefficient (Wildman–Crippen LogP) is 2.94. The molecule has 1 saturated heterocycles. The molecule has 1 aromatic carbocycles. The van der Waals surface area contributed by atoms with E-state index in [1.807, 2.05) is 18.2 Å². The van der Waals surface area contributed by atoms with Crippen molar-refractivity contribution in [1.82, 2.24) is 9.88 Å². The Morgan fingerprint density at radius 1 is 1.33 bits per heavy atom. The van der Waals surface area contributed by atoms with Crippen LogP contribution >= 0.6 is 0 Å². The fraction of sp³-hybridized carbons (Fsp3) is 0.368. The molecule has 1 amide bonds. The minimum atomic E-state index is -0.631. The van der Waals surface area contributed by atoms with Crippen LogP contribution in [0, 0.1) is 11.9 Å². The van der Waals surface area contributed by atoms with Crippen molar-refractivity contribution >= 4 is 5.91 Å². The number of rotatable bonds is 4. The molecule has 1 aliphatic heterocycles. The van der Waals surface area contributed by atoms with Gasteiger partial charge in [0.05, 0.1) is 6.10 Å². The topological polar surface area (TPSA) is 42.4 Å². The summed E-state index contributed by atoms with van der Waals surface area (Å²) in [5.41, 5.74) is 1.57. The van der Waals surface area contributed by atoms with E-state index in [9.17, 15) is 9.18 Å². The van der Waals surface area contributed by atoms with E-state index in [4.69, 9.17) is 4.74 Å². The number of piperidine rings is 1. The Labute approximate surface area is 141 Å². The van der Waals surface area contributed by atoms with Crippen molar-refractivity contribution in [2.75, 3.05) is 20.2 Å². The highest BCUT2D eigenvalue weighted by molar-refractivity contribution is 5.94. The molecule has 24 heavy (non-hydrogen) atoms. The van der Waals surface area contributed by atoms with Crippen molar-refractivity contribution in [2.45, 2.75) is 18.9 Å². The lowest BCUT2D eigenvalue weighted by Crippen LogP contribution is -2.47. The average molecular weight is 328 g/mol. The molecule has 0 bridgehead atoms. The number of hydrogen-bond donors (Lipinski definition) is 0. The van der Waals surface area contributed by atoms with E-state index in [0.29, 0.717) is 18.7 Å². The van der Waals surface area contributed by atoms with Crippen LogP contribution in [-0.2, 0) is 11.2 Å². The highest BCUT2D eigenvalue weighted by Gasteiger charge is 2.32. The van der Waals surface area contributed by atoms with Crippen molar-refractivity contribution in [2.24, 2.45) is 5.92 Å². The average Bonchev–Trinajstić information content (AvgIpc) is 2.62. The van der Waals surface area contributed by atoms with Crippen LogP contribution in [0.25, 0.3) is 0 Å². The highest BCUT2D eigenvalue weighted by Crippen LogP contribution is 2.25. The summed E-state index contributed by atoms with van der Waals surface area (Å²) in [5, 5.41) is 0. The van der Waals surface area contributed by atoms with Crippen molar-refractivity contribution < 1.29 is 13.9 Å². The number of likely N-dealkylation sites (tertiary alicyclic amines) is 1. The maximum absolute atomic E-state index is 13.3. The number of nitrogens with zero attached hydrogens (tertiary/aromatic N) is 2. The van der Waals surface area contributed by atoms with Crippen LogP contribution in [0.5, 0.6) is 0 Å². The predicted molar refractivity (Wildman–Crippen MR) is 89.1 cm³/mol. The van der Waals surface area contributed by atoms with Gasteiger partial charge in [0.15, 0.2) is 0 Å². The molecule has 0 saturated carbocycles. The Morgan fingerprint density at radius 2 is 2.12 bits per heavy atom. The van der Waals surface area contributed by atoms with E-state index in [-0.39, 0.29) is 17.9 Å². The van der Waals surface area contributed by atoms with Gasteiger partial charge in [-0.15, -0.1) is 0 Å². The first kappa shape index (κ1) is 16.6. The second-order valence-corrected chi connectivity index (χ2v) is 6.13. The molecule has 4 nitrogen and oxygen atoms in total. The van der Waals surface area contributed by atoms with Gasteiger partial charge in [-0.25, -0.2) is 4.98 Å². The Morgan fingerprint density at radius 3 is 2.83 bits per heavy atom. The van der Waals surface area contributed by atoms with Crippen LogP contribution in [-0.4, -0.2) is 42.1 Å². The monoisotopic (exact) mass is 328 g/mol. The molecule has 0 spiro atoms. The lowest BCUT2D eigenvalue weighted by Gasteiger charge is -2.38. The van der Waals surface area contributed by atoms with Gasteiger partial charge in [-0.2, -0.15) is 4.39 Å². The van der Waals surface area contributed by atoms with Crippen molar-refractivity contribution in [3.05, 3.63) is 65.7 Å². The second kappa shape index (κ2) is 7.53. The summed E-state index contributed by atoms with van der Waals surface area (Å²) in [6.45, 7) is 1.22. The third-order valence-corrected chi connectivity index (χ3v) is 4.57. The number of methoxy groups -OCH3 is 1. The molecule has 1 aromatic heterocycles. The van der Waals surface area contributed by atoms with Crippen molar-refractivity contribution in [3.8, 4) is 0 Å². The van der Waals surface area contributed by atoms with E-state index in [1.165, 1.54) is 17.8 Å². The smallest absolute Gasteiger partial charge is 0.254 e. The second-order valence-electron chi connectivity index (χ2n) is 6.13. The third-order valence-electron chi connectivity index (χ3n) is 4.57. The molecule has 0 N–H and O–H groups in total. The summed E-state index contributed by atoms with van der Waals surface area (Å²) in [7, 11) is 1.72. The van der Waals surface area contributed by atoms with Gasteiger partial charge < -0.3 is 9.64 Å². The van der Waals surface area contributed by atoms with Crippen LogP contribution in [0.2, 0.25) is 0 Å². The number of carbonyl (C=O) groups is 1. The zero-order chi connectivity index (χ0) is 16.9. The number of hydrogen-bond acceptors (Lipinski definition) is 3. The molecule has 126 valence electrons. The largest absolute Gasteiger partial charge is 0.381 e. The standard InChI is InChI=1S/C19H21FN2O2/c1-24-17-8-10-22(19(23)15-7-9-21-18(20)12-15)13-16(17)11-14-5-3-2-4-6-14/h2-7,9,12,16-17H,8,10-11,13H2,1H3/t16-,17-/m1/s1. The first-order valence-electron chi connectivity index (χ1n) is 8.15. The molecule has 0 aliphatic carbocycles. The number of ether oxygens (including phenoxy) is 1. The highest BCUT2D eigenvalue weighted by atomic mass is 19.1. The van der Waals surface area contributed by atoms with Gasteiger partial charge in [-0.05, 0) is 24.5 Å². The van der Waals surface area contributed by atoms with Crippen LogP contribution < -0.4 is 0 Å². The quantitative estimate of drug-likeness (QED) is 0.811. The number of benzene rings is 1. The number of carbonyl (C=O) groups excluding carboxylic acids is 1. The lowest BCUT2D eigenvalue weighted by atomic mass is 9.88. The van der Waals surface area contributed by atoms with E-state index in [2.05, 4.69) is 17.1 Å². The molecule has 1 aliphatic rings. The first-order chi connectivity index (χ1) is 11.7. The summed E-state index contributed by atoms with van der Waals surface area (Å²) < 4.78 is 18.9. The van der Waals surface area contributed by atoms with Gasteiger partial charge in [0.2, 0.25) is 5.95 Å². The Kier molecular flexibility index (Phi) is 5.20. The lowest BCUT2D eigenvalue weighted by molar-refractivity contribution is -0.00301. The van der Waals surface area contributed by atoms with Crippen LogP contribution in [0.3, 0.4) is 0 Å². The molecule has 3 rings (SSSR count).